The molecule has 13 heteroatoms. The van der Waals surface area contributed by atoms with E-state index in [0.717, 1.165) is 25.0 Å². The highest BCUT2D eigenvalue weighted by atomic mass is 19.4. The maximum Gasteiger partial charge on any atom is 0.471 e. The van der Waals surface area contributed by atoms with E-state index in [1.54, 1.807) is 29.6 Å². The molecule has 2 unspecified atom stereocenters. The molecule has 5 rings (SSSR count). The van der Waals surface area contributed by atoms with Crippen LogP contribution >= 0.6 is 0 Å². The van der Waals surface area contributed by atoms with Crippen LogP contribution in [-0.4, -0.2) is 59.5 Å². The molecule has 2 aliphatic heterocycles. The fraction of sp³-hybridized carbons (Fsp3) is 0.429. The van der Waals surface area contributed by atoms with Crippen LogP contribution in [0.1, 0.15) is 36.8 Å². The summed E-state index contributed by atoms with van der Waals surface area (Å²) in [6, 6.07) is 9.10. The van der Waals surface area contributed by atoms with Crippen molar-refractivity contribution in [1.82, 2.24) is 15.5 Å². The number of nitrogens with zero attached hydrogens (tertiary/aromatic N) is 1. The van der Waals surface area contributed by atoms with Crippen LogP contribution in [0.25, 0.3) is 0 Å². The maximum absolute atomic E-state index is 13.8. The number of amides is 4. The summed E-state index contributed by atoms with van der Waals surface area (Å²) >= 11 is 0. The van der Waals surface area contributed by atoms with Gasteiger partial charge in [0.25, 0.3) is 0 Å². The highest BCUT2D eigenvalue weighted by molar-refractivity contribution is 6.07. The van der Waals surface area contributed by atoms with E-state index in [9.17, 15) is 36.7 Å². The molecular formula is C28H29F4N5O4. The van der Waals surface area contributed by atoms with E-state index in [4.69, 9.17) is 5.73 Å². The van der Waals surface area contributed by atoms with E-state index in [0.29, 0.717) is 11.3 Å². The summed E-state index contributed by atoms with van der Waals surface area (Å²) < 4.78 is 52.9. The van der Waals surface area contributed by atoms with Gasteiger partial charge in [-0.05, 0) is 41.7 Å². The predicted octanol–water partition coefficient (Wildman–Crippen LogP) is 2.11. The van der Waals surface area contributed by atoms with Crippen molar-refractivity contribution in [2.24, 2.45) is 11.7 Å². The molecular weight excluding hydrogens is 546 g/mol. The Morgan fingerprint density at radius 2 is 1.80 bits per heavy atom. The Hall–Kier alpha value is -4.00. The molecule has 41 heavy (non-hydrogen) atoms. The van der Waals surface area contributed by atoms with Gasteiger partial charge in [-0.2, -0.15) is 13.2 Å². The molecule has 0 radical (unpaired) electrons. The Balaban J connectivity index is 1.37. The Labute approximate surface area is 232 Å². The second-order valence-corrected chi connectivity index (χ2v) is 10.9. The summed E-state index contributed by atoms with van der Waals surface area (Å²) in [5.41, 5.74) is 6.80. The maximum atomic E-state index is 13.8. The molecule has 1 aliphatic carbocycles. The van der Waals surface area contributed by atoms with E-state index < -0.39 is 59.8 Å². The minimum absolute atomic E-state index is 0.0373. The summed E-state index contributed by atoms with van der Waals surface area (Å²) in [6.07, 6.45) is -4.59. The number of hydrogen-bond donors (Lipinski definition) is 4. The topological polar surface area (TPSA) is 134 Å². The first-order valence-corrected chi connectivity index (χ1v) is 13.3. The first-order valence-electron chi connectivity index (χ1n) is 13.3. The molecule has 3 aliphatic rings. The number of hydrogen-bond acceptors (Lipinski definition) is 5. The van der Waals surface area contributed by atoms with Crippen molar-refractivity contribution >= 4 is 29.3 Å². The van der Waals surface area contributed by atoms with Crippen LogP contribution in [0.4, 0.5) is 23.2 Å². The number of nitrogens with one attached hydrogen (secondary N) is 3. The summed E-state index contributed by atoms with van der Waals surface area (Å²) in [5.74, 6) is -4.79. The zero-order chi connectivity index (χ0) is 29.5. The zero-order valence-corrected chi connectivity index (χ0v) is 21.8. The number of halogens is 4. The molecule has 1 saturated carbocycles. The Morgan fingerprint density at radius 3 is 2.49 bits per heavy atom. The molecule has 4 amide bonds. The van der Waals surface area contributed by atoms with Crippen LogP contribution in [0.15, 0.2) is 48.5 Å². The summed E-state index contributed by atoms with van der Waals surface area (Å²) in [5, 5.41) is 7.02. The summed E-state index contributed by atoms with van der Waals surface area (Å²) in [7, 11) is 0. The number of likely N-dealkylation sites (tertiary alicyclic amines) is 1. The SMILES string of the molecule is N[C@@H]1C[C@@]2(CN1C(=O)C(CC1CC1)NC(=O)C(Cc1cccc(F)c1)NC(=O)C(F)(F)F)C(=O)Nc1ccccc12. The number of carbonyl (C=O) groups excluding carboxylic acids is 4. The van der Waals surface area contributed by atoms with Crippen molar-refractivity contribution in [3.8, 4) is 0 Å². The quantitative estimate of drug-likeness (QED) is 0.358. The summed E-state index contributed by atoms with van der Waals surface area (Å²) in [6.45, 7) is -0.0373. The lowest BCUT2D eigenvalue weighted by atomic mass is 9.80. The smallest absolute Gasteiger partial charge is 0.342 e. The third kappa shape index (κ3) is 5.90. The predicted molar refractivity (Wildman–Crippen MR) is 138 cm³/mol. The molecule has 5 N–H and O–H groups in total. The fourth-order valence-electron chi connectivity index (χ4n) is 5.64. The number of rotatable bonds is 8. The lowest BCUT2D eigenvalue weighted by Gasteiger charge is -2.29. The molecule has 1 saturated heterocycles. The number of nitrogens with two attached hydrogens (primary N) is 1. The summed E-state index contributed by atoms with van der Waals surface area (Å²) in [4.78, 5) is 53.2. The first-order chi connectivity index (χ1) is 19.4. The van der Waals surface area contributed by atoms with Crippen molar-refractivity contribution in [3.05, 3.63) is 65.5 Å². The Bertz CT molecular complexity index is 1380. The molecule has 2 heterocycles. The van der Waals surface area contributed by atoms with Crippen LogP contribution in [0, 0.1) is 11.7 Å². The third-order valence-corrected chi connectivity index (χ3v) is 7.90. The van der Waals surface area contributed by atoms with E-state index >= 15 is 0 Å². The average Bonchev–Trinajstić information content (AvgIpc) is 3.60. The molecule has 2 aromatic carbocycles. The minimum atomic E-state index is -5.27. The van der Waals surface area contributed by atoms with E-state index in [1.165, 1.54) is 17.0 Å². The number of fused-ring (bicyclic) bond motifs is 2. The second-order valence-electron chi connectivity index (χ2n) is 10.9. The second kappa shape index (κ2) is 10.8. The largest absolute Gasteiger partial charge is 0.471 e. The molecule has 1 spiro atoms. The number of carbonyl (C=O) groups is 4. The van der Waals surface area contributed by atoms with Crippen LogP contribution in [0.2, 0.25) is 0 Å². The monoisotopic (exact) mass is 575 g/mol. The lowest BCUT2D eigenvalue weighted by Crippen LogP contribution is -2.57. The van der Waals surface area contributed by atoms with Gasteiger partial charge in [-0.25, -0.2) is 4.39 Å². The number of anilines is 1. The molecule has 4 atom stereocenters. The van der Waals surface area contributed by atoms with Crippen molar-refractivity contribution in [1.29, 1.82) is 0 Å². The average molecular weight is 576 g/mol. The van der Waals surface area contributed by atoms with Crippen LogP contribution < -0.4 is 21.7 Å². The lowest BCUT2D eigenvalue weighted by molar-refractivity contribution is -0.174. The standard InChI is InChI=1S/C28H29F4N5O4/c29-17-5-3-4-16(10-17)12-20(36-26(41)28(30,31)32)23(38)34-21(11-15-8-9-15)24(39)37-14-27(13-22(37)33)18-6-1-2-7-19(18)35-25(27)40/h1-7,10,15,20-22H,8-9,11-14,33H2,(H,34,38)(H,35,40)(H,36,41)/t20?,21?,22-,27-/m0/s1. The number of para-hydroxylation sites is 1. The highest BCUT2D eigenvalue weighted by Gasteiger charge is 2.55. The van der Waals surface area contributed by atoms with Crippen LogP contribution in [0.5, 0.6) is 0 Å². The van der Waals surface area contributed by atoms with Gasteiger partial charge in [-0.1, -0.05) is 43.2 Å². The Kier molecular flexibility index (Phi) is 7.49. The van der Waals surface area contributed by atoms with Gasteiger partial charge in [0.05, 0.1) is 11.6 Å². The molecule has 0 bridgehead atoms. The Morgan fingerprint density at radius 1 is 1.07 bits per heavy atom. The van der Waals surface area contributed by atoms with Gasteiger partial charge in [0, 0.05) is 25.1 Å². The normalized spacial score (nSPS) is 23.1. The fourth-order valence-corrected chi connectivity index (χ4v) is 5.64. The van der Waals surface area contributed by atoms with Crippen molar-refractivity contribution < 1.29 is 36.7 Å². The van der Waals surface area contributed by atoms with Gasteiger partial charge in [-0.15, -0.1) is 0 Å². The van der Waals surface area contributed by atoms with Gasteiger partial charge in [0.2, 0.25) is 17.7 Å². The highest BCUT2D eigenvalue weighted by Crippen LogP contribution is 2.45. The van der Waals surface area contributed by atoms with E-state index in [-0.39, 0.29) is 36.8 Å². The first kappa shape index (κ1) is 28.5. The van der Waals surface area contributed by atoms with Gasteiger partial charge in [0.1, 0.15) is 17.9 Å². The molecule has 2 aromatic rings. The van der Waals surface area contributed by atoms with Gasteiger partial charge in [0.15, 0.2) is 0 Å². The zero-order valence-electron chi connectivity index (χ0n) is 21.8. The van der Waals surface area contributed by atoms with Crippen molar-refractivity contribution in [2.45, 2.75) is 61.9 Å². The van der Waals surface area contributed by atoms with Crippen molar-refractivity contribution in [3.63, 3.8) is 0 Å². The van der Waals surface area contributed by atoms with E-state index in [2.05, 4.69) is 10.6 Å². The van der Waals surface area contributed by atoms with Gasteiger partial charge >= 0.3 is 12.1 Å². The van der Waals surface area contributed by atoms with Crippen LogP contribution in [0.3, 0.4) is 0 Å². The minimum Gasteiger partial charge on any atom is -0.342 e. The van der Waals surface area contributed by atoms with Crippen molar-refractivity contribution in [2.75, 3.05) is 11.9 Å². The molecule has 2 fully saturated rings. The molecule has 0 aromatic heterocycles. The number of benzene rings is 2. The van der Waals surface area contributed by atoms with Crippen LogP contribution in [-0.2, 0) is 31.0 Å². The molecule has 9 nitrogen and oxygen atoms in total. The molecule has 218 valence electrons. The third-order valence-electron chi connectivity index (χ3n) is 7.90. The van der Waals surface area contributed by atoms with E-state index in [1.807, 2.05) is 0 Å². The van der Waals surface area contributed by atoms with Gasteiger partial charge in [-0.3, -0.25) is 19.2 Å². The van der Waals surface area contributed by atoms with Gasteiger partial charge < -0.3 is 26.6 Å². The number of alkyl halides is 3.